The quantitative estimate of drug-likeness (QED) is 0.472. The molecule has 0 fully saturated rings. The van der Waals surface area contributed by atoms with E-state index in [1.807, 2.05) is 36.4 Å². The first-order valence-corrected chi connectivity index (χ1v) is 7.30. The summed E-state index contributed by atoms with van der Waals surface area (Å²) in [4.78, 5) is 11.5. The Bertz CT molecular complexity index is 1070. The normalized spacial score (nSPS) is 11.3. The molecule has 0 bridgehead atoms. The van der Waals surface area contributed by atoms with Crippen LogP contribution in [-0.4, -0.2) is 11.1 Å². The number of carbonyl (C=O) groups is 1. The molecule has 3 heteroatoms. The summed E-state index contributed by atoms with van der Waals surface area (Å²) in [6.45, 7) is 0. The van der Waals surface area contributed by atoms with Gasteiger partial charge in [0.1, 0.15) is 0 Å². The van der Waals surface area contributed by atoms with E-state index < -0.39 is 5.97 Å². The Balaban J connectivity index is 2.23. The Kier molecular flexibility index (Phi) is 2.81. The average molecular weight is 307 g/mol. The van der Waals surface area contributed by atoms with Crippen LogP contribution in [0.25, 0.3) is 32.3 Å². The van der Waals surface area contributed by atoms with E-state index in [2.05, 4.69) is 18.2 Å². The first-order valence-electron chi connectivity index (χ1n) is 6.93. The number of fused-ring (bicyclic) bond motifs is 5. The molecule has 4 aromatic rings. The van der Waals surface area contributed by atoms with E-state index in [1.54, 1.807) is 6.07 Å². The van der Waals surface area contributed by atoms with E-state index in [-0.39, 0.29) is 10.6 Å². The molecule has 0 atom stereocenters. The molecule has 2 nitrogen and oxygen atoms in total. The minimum Gasteiger partial charge on any atom is -0.478 e. The van der Waals surface area contributed by atoms with Crippen LogP contribution in [0.4, 0.5) is 0 Å². The van der Waals surface area contributed by atoms with Gasteiger partial charge in [0.2, 0.25) is 0 Å². The maximum Gasteiger partial charge on any atom is 0.337 e. The zero-order valence-corrected chi connectivity index (χ0v) is 12.3. The molecule has 0 radical (unpaired) electrons. The fourth-order valence-electron chi connectivity index (χ4n) is 3.09. The monoisotopic (exact) mass is 306 g/mol. The minimum atomic E-state index is -1.00. The molecule has 0 amide bonds. The van der Waals surface area contributed by atoms with Gasteiger partial charge >= 0.3 is 5.97 Å². The van der Waals surface area contributed by atoms with Gasteiger partial charge < -0.3 is 5.11 Å². The highest BCUT2D eigenvalue weighted by molar-refractivity contribution is 6.36. The van der Waals surface area contributed by atoms with Crippen molar-refractivity contribution in [3.63, 3.8) is 0 Å². The second-order valence-electron chi connectivity index (χ2n) is 5.27. The van der Waals surface area contributed by atoms with Crippen molar-refractivity contribution in [3.05, 3.63) is 71.2 Å². The lowest BCUT2D eigenvalue weighted by atomic mass is 9.95. The molecule has 0 heterocycles. The molecule has 0 unspecified atom stereocenters. The molecule has 0 aromatic heterocycles. The number of aromatic carboxylic acids is 1. The first kappa shape index (κ1) is 13.1. The Morgan fingerprint density at radius 3 is 2.14 bits per heavy atom. The van der Waals surface area contributed by atoms with Gasteiger partial charge in [0.15, 0.2) is 0 Å². The van der Waals surface area contributed by atoms with Crippen LogP contribution >= 0.6 is 11.6 Å². The summed E-state index contributed by atoms with van der Waals surface area (Å²) in [6.07, 6.45) is 0. The molecule has 0 spiro atoms. The molecule has 106 valence electrons. The SMILES string of the molecule is O=C(O)c1c(Cl)ccc2c1ccc1c3ccccc3ccc21. The van der Waals surface area contributed by atoms with Crippen molar-refractivity contribution in [2.75, 3.05) is 0 Å². The molecular weight excluding hydrogens is 296 g/mol. The summed E-state index contributed by atoms with van der Waals surface area (Å²) in [5.74, 6) is -1.00. The zero-order chi connectivity index (χ0) is 15.3. The van der Waals surface area contributed by atoms with Gasteiger partial charge in [0.25, 0.3) is 0 Å². The van der Waals surface area contributed by atoms with E-state index >= 15 is 0 Å². The Morgan fingerprint density at radius 1 is 0.727 bits per heavy atom. The van der Waals surface area contributed by atoms with Gasteiger partial charge in [0, 0.05) is 0 Å². The molecule has 22 heavy (non-hydrogen) atoms. The summed E-state index contributed by atoms with van der Waals surface area (Å²) in [5.41, 5.74) is 0.161. The van der Waals surface area contributed by atoms with Crippen LogP contribution in [0, 0.1) is 0 Å². The van der Waals surface area contributed by atoms with Crippen molar-refractivity contribution >= 4 is 49.9 Å². The topological polar surface area (TPSA) is 37.3 Å². The maximum atomic E-state index is 11.5. The van der Waals surface area contributed by atoms with Gasteiger partial charge in [-0.05, 0) is 38.4 Å². The zero-order valence-electron chi connectivity index (χ0n) is 11.5. The third-order valence-electron chi connectivity index (χ3n) is 4.09. The lowest BCUT2D eigenvalue weighted by Gasteiger charge is -2.10. The molecule has 4 aromatic carbocycles. The van der Waals surface area contributed by atoms with Crippen LogP contribution in [0.15, 0.2) is 60.7 Å². The highest BCUT2D eigenvalue weighted by Gasteiger charge is 2.15. The van der Waals surface area contributed by atoms with Crippen molar-refractivity contribution in [1.29, 1.82) is 0 Å². The maximum absolute atomic E-state index is 11.5. The largest absolute Gasteiger partial charge is 0.478 e. The van der Waals surface area contributed by atoms with Crippen LogP contribution in [-0.2, 0) is 0 Å². The lowest BCUT2D eigenvalue weighted by molar-refractivity contribution is 0.0699. The van der Waals surface area contributed by atoms with Crippen LogP contribution < -0.4 is 0 Å². The van der Waals surface area contributed by atoms with E-state index in [0.717, 1.165) is 21.5 Å². The standard InChI is InChI=1S/C19H11ClO2/c20-17-10-9-15-14-6-5-11-3-1-2-4-12(11)13(14)7-8-16(15)18(17)19(21)22/h1-10H,(H,21,22). The van der Waals surface area contributed by atoms with E-state index in [4.69, 9.17) is 11.6 Å². The van der Waals surface area contributed by atoms with Gasteiger partial charge in [-0.2, -0.15) is 0 Å². The molecule has 0 saturated heterocycles. The number of benzene rings is 4. The van der Waals surface area contributed by atoms with Crippen molar-refractivity contribution < 1.29 is 9.90 Å². The molecule has 0 aliphatic heterocycles. The van der Waals surface area contributed by atoms with Gasteiger partial charge in [-0.25, -0.2) is 4.79 Å². The van der Waals surface area contributed by atoms with E-state index in [0.29, 0.717) is 5.39 Å². The molecule has 0 aliphatic carbocycles. The highest BCUT2D eigenvalue weighted by Crippen LogP contribution is 2.34. The van der Waals surface area contributed by atoms with Crippen molar-refractivity contribution in [2.45, 2.75) is 0 Å². The second-order valence-corrected chi connectivity index (χ2v) is 5.68. The Morgan fingerprint density at radius 2 is 1.32 bits per heavy atom. The van der Waals surface area contributed by atoms with Gasteiger partial charge in [-0.3, -0.25) is 0 Å². The number of carboxylic acids is 1. The number of hydrogen-bond donors (Lipinski definition) is 1. The van der Waals surface area contributed by atoms with Gasteiger partial charge in [0.05, 0.1) is 10.6 Å². The number of halogens is 1. The summed E-state index contributed by atoms with van der Waals surface area (Å²) >= 11 is 6.06. The van der Waals surface area contributed by atoms with Crippen molar-refractivity contribution in [1.82, 2.24) is 0 Å². The predicted octanol–water partition coefficient (Wildman–Crippen LogP) is 5.50. The average Bonchev–Trinajstić information content (AvgIpc) is 2.53. The number of hydrogen-bond acceptors (Lipinski definition) is 1. The van der Waals surface area contributed by atoms with Gasteiger partial charge in [-0.1, -0.05) is 66.2 Å². The summed E-state index contributed by atoms with van der Waals surface area (Å²) in [7, 11) is 0. The van der Waals surface area contributed by atoms with Crippen LogP contribution in [0.2, 0.25) is 5.02 Å². The number of rotatable bonds is 1. The van der Waals surface area contributed by atoms with Crippen LogP contribution in [0.5, 0.6) is 0 Å². The third-order valence-corrected chi connectivity index (χ3v) is 4.40. The highest BCUT2D eigenvalue weighted by atomic mass is 35.5. The molecule has 0 saturated carbocycles. The smallest absolute Gasteiger partial charge is 0.337 e. The number of carboxylic acid groups (broad SMARTS) is 1. The summed E-state index contributed by atoms with van der Waals surface area (Å²) < 4.78 is 0. The molecule has 4 rings (SSSR count). The Hall–Kier alpha value is -2.58. The van der Waals surface area contributed by atoms with Crippen LogP contribution in [0.1, 0.15) is 10.4 Å². The third kappa shape index (κ3) is 1.78. The fourth-order valence-corrected chi connectivity index (χ4v) is 3.34. The Labute approximate surface area is 131 Å². The molecular formula is C19H11ClO2. The molecule has 0 aliphatic rings. The lowest BCUT2D eigenvalue weighted by Crippen LogP contribution is -1.99. The molecule has 1 N–H and O–H groups in total. The van der Waals surface area contributed by atoms with Gasteiger partial charge in [-0.15, -0.1) is 0 Å². The minimum absolute atomic E-state index is 0.161. The van der Waals surface area contributed by atoms with E-state index in [1.165, 1.54) is 5.39 Å². The summed E-state index contributed by atoms with van der Waals surface area (Å²) in [6, 6.07) is 19.6. The van der Waals surface area contributed by atoms with Crippen molar-refractivity contribution in [2.24, 2.45) is 0 Å². The predicted molar refractivity (Wildman–Crippen MR) is 90.9 cm³/mol. The van der Waals surface area contributed by atoms with Crippen LogP contribution in [0.3, 0.4) is 0 Å². The second kappa shape index (κ2) is 4.72. The van der Waals surface area contributed by atoms with E-state index in [9.17, 15) is 9.90 Å². The van der Waals surface area contributed by atoms with Crippen molar-refractivity contribution in [3.8, 4) is 0 Å². The fraction of sp³-hybridized carbons (Fsp3) is 0. The first-order chi connectivity index (χ1) is 10.7. The summed E-state index contributed by atoms with van der Waals surface area (Å²) in [5, 5.41) is 15.7.